The first-order chi connectivity index (χ1) is 16.6. The lowest BCUT2D eigenvalue weighted by atomic mass is 9.99. The highest BCUT2D eigenvalue weighted by Gasteiger charge is 2.16. The molecule has 0 spiro atoms. The topological polar surface area (TPSA) is 88.2 Å². The third-order valence-electron chi connectivity index (χ3n) is 5.50. The van der Waals surface area contributed by atoms with Gasteiger partial charge >= 0.3 is 0 Å². The summed E-state index contributed by atoms with van der Waals surface area (Å²) in [5.41, 5.74) is 2.22. The van der Waals surface area contributed by atoms with Crippen LogP contribution in [0.4, 0.5) is 0 Å². The summed E-state index contributed by atoms with van der Waals surface area (Å²) in [6.07, 6.45) is 2.54. The van der Waals surface area contributed by atoms with Crippen LogP contribution < -0.4 is 24.5 Å². The van der Waals surface area contributed by atoms with Gasteiger partial charge in [-0.15, -0.1) is 0 Å². The maximum Gasteiger partial charge on any atom is 0.256 e. The van der Waals surface area contributed by atoms with Crippen LogP contribution in [0.15, 0.2) is 35.1 Å². The molecule has 2 aromatic carbocycles. The molecule has 0 aliphatic rings. The van der Waals surface area contributed by atoms with E-state index in [1.54, 1.807) is 40.6 Å². The van der Waals surface area contributed by atoms with E-state index >= 15 is 0 Å². The standard InChI is InChI=1S/C26H33NO7/c1-6-7-9-34-25-14-19(17(12-23(25)31-4)8-10-33-16-29-2)21-11-18-13-22(30-3)24(32-5)15-20(18)26(28)27-21/h11-15H,6-10,16H2,1-5H3,(H,27,28). The Morgan fingerprint density at radius 2 is 1.53 bits per heavy atom. The van der Waals surface area contributed by atoms with Gasteiger partial charge in [-0.25, -0.2) is 0 Å². The number of fused-ring (bicyclic) bond motifs is 1. The van der Waals surface area contributed by atoms with Gasteiger partial charge in [-0.3, -0.25) is 4.79 Å². The van der Waals surface area contributed by atoms with Crippen LogP contribution in [-0.4, -0.2) is 53.4 Å². The van der Waals surface area contributed by atoms with E-state index in [1.807, 2.05) is 18.2 Å². The van der Waals surface area contributed by atoms with Gasteiger partial charge in [0.1, 0.15) is 6.79 Å². The van der Waals surface area contributed by atoms with Crippen molar-refractivity contribution >= 4 is 10.8 Å². The molecule has 34 heavy (non-hydrogen) atoms. The molecule has 8 nitrogen and oxygen atoms in total. The fraction of sp³-hybridized carbons (Fsp3) is 0.423. The van der Waals surface area contributed by atoms with Gasteiger partial charge in [0.2, 0.25) is 0 Å². The van der Waals surface area contributed by atoms with Crippen molar-refractivity contribution < 1.29 is 28.4 Å². The van der Waals surface area contributed by atoms with Crippen molar-refractivity contribution in [3.8, 4) is 34.3 Å². The summed E-state index contributed by atoms with van der Waals surface area (Å²) in [5.74, 6) is 2.32. The number of H-pyrrole nitrogens is 1. The van der Waals surface area contributed by atoms with E-state index in [0.717, 1.165) is 29.4 Å². The highest BCUT2D eigenvalue weighted by molar-refractivity contribution is 5.88. The summed E-state index contributed by atoms with van der Waals surface area (Å²) in [5, 5.41) is 1.25. The molecule has 0 saturated heterocycles. The Bertz CT molecular complexity index is 1160. The second-order valence-electron chi connectivity index (χ2n) is 7.73. The molecule has 184 valence electrons. The molecule has 1 heterocycles. The summed E-state index contributed by atoms with van der Waals surface area (Å²) in [6, 6.07) is 9.26. The highest BCUT2D eigenvalue weighted by atomic mass is 16.7. The van der Waals surface area contributed by atoms with Crippen LogP contribution in [0.5, 0.6) is 23.0 Å². The molecule has 0 aliphatic carbocycles. The molecule has 0 saturated carbocycles. The highest BCUT2D eigenvalue weighted by Crippen LogP contribution is 2.37. The third-order valence-corrected chi connectivity index (χ3v) is 5.50. The Labute approximate surface area is 199 Å². The first-order valence-corrected chi connectivity index (χ1v) is 11.3. The summed E-state index contributed by atoms with van der Waals surface area (Å²) < 4.78 is 32.9. The van der Waals surface area contributed by atoms with Crippen molar-refractivity contribution in [1.82, 2.24) is 4.98 Å². The number of unbranched alkanes of at least 4 members (excludes halogenated alkanes) is 1. The molecule has 0 unspecified atom stereocenters. The molecule has 0 radical (unpaired) electrons. The quantitative estimate of drug-likeness (QED) is 0.289. The monoisotopic (exact) mass is 471 g/mol. The smallest absolute Gasteiger partial charge is 0.256 e. The average Bonchev–Trinajstić information content (AvgIpc) is 2.86. The number of pyridine rings is 1. The molecule has 1 N–H and O–H groups in total. The Balaban J connectivity index is 2.13. The number of hydrogen-bond donors (Lipinski definition) is 1. The van der Waals surface area contributed by atoms with Gasteiger partial charge in [0.05, 0.1) is 39.9 Å². The predicted molar refractivity (Wildman–Crippen MR) is 132 cm³/mol. The Hall–Kier alpha value is -3.23. The lowest BCUT2D eigenvalue weighted by molar-refractivity contribution is -0.0291. The van der Waals surface area contributed by atoms with Gasteiger partial charge in [0.15, 0.2) is 23.0 Å². The van der Waals surface area contributed by atoms with Crippen LogP contribution in [0.2, 0.25) is 0 Å². The Kier molecular flexibility index (Phi) is 9.18. The summed E-state index contributed by atoms with van der Waals surface area (Å²) in [7, 11) is 6.31. The van der Waals surface area contributed by atoms with Gasteiger partial charge in [-0.2, -0.15) is 0 Å². The Morgan fingerprint density at radius 3 is 2.21 bits per heavy atom. The van der Waals surface area contributed by atoms with Crippen LogP contribution >= 0.6 is 0 Å². The third kappa shape index (κ3) is 5.81. The van der Waals surface area contributed by atoms with E-state index in [4.69, 9.17) is 28.4 Å². The van der Waals surface area contributed by atoms with Gasteiger partial charge < -0.3 is 33.4 Å². The lowest BCUT2D eigenvalue weighted by Gasteiger charge is -2.17. The number of aromatic amines is 1. The zero-order valence-corrected chi connectivity index (χ0v) is 20.5. The molecule has 1 aromatic heterocycles. The minimum absolute atomic E-state index is 0.207. The van der Waals surface area contributed by atoms with Crippen molar-refractivity contribution in [3.63, 3.8) is 0 Å². The van der Waals surface area contributed by atoms with Crippen LogP contribution in [0.3, 0.4) is 0 Å². The molecular weight excluding hydrogens is 438 g/mol. The molecule has 8 heteroatoms. The van der Waals surface area contributed by atoms with Crippen molar-refractivity contribution in [2.75, 3.05) is 48.4 Å². The fourth-order valence-electron chi connectivity index (χ4n) is 3.72. The second kappa shape index (κ2) is 12.3. The average molecular weight is 472 g/mol. The van der Waals surface area contributed by atoms with E-state index in [1.165, 1.54) is 0 Å². The fourth-order valence-corrected chi connectivity index (χ4v) is 3.72. The second-order valence-corrected chi connectivity index (χ2v) is 7.73. The maximum absolute atomic E-state index is 13.0. The molecule has 0 atom stereocenters. The molecule has 0 aliphatic heterocycles. The predicted octanol–water partition coefficient (Wildman–Crippen LogP) is 4.56. The zero-order chi connectivity index (χ0) is 24.5. The number of ether oxygens (including phenoxy) is 6. The number of hydrogen-bond acceptors (Lipinski definition) is 7. The first kappa shape index (κ1) is 25.4. The van der Waals surface area contributed by atoms with Crippen molar-refractivity contribution in [2.24, 2.45) is 0 Å². The number of aromatic nitrogens is 1. The SMILES string of the molecule is CCCCOc1cc(-c2cc3cc(OC)c(OC)cc3c(=O)[nH]2)c(CCOCOC)cc1OC. The van der Waals surface area contributed by atoms with Crippen molar-refractivity contribution in [2.45, 2.75) is 26.2 Å². The minimum Gasteiger partial charge on any atom is -0.493 e. The molecule has 0 fully saturated rings. The summed E-state index contributed by atoms with van der Waals surface area (Å²) in [4.78, 5) is 16.0. The van der Waals surface area contributed by atoms with Crippen LogP contribution in [0.25, 0.3) is 22.0 Å². The van der Waals surface area contributed by atoms with Gasteiger partial charge in [0.25, 0.3) is 5.56 Å². The molecule has 0 bridgehead atoms. The molecule has 3 aromatic rings. The van der Waals surface area contributed by atoms with E-state index in [0.29, 0.717) is 53.7 Å². The molecule has 0 amide bonds. The van der Waals surface area contributed by atoms with E-state index in [2.05, 4.69) is 11.9 Å². The molecular formula is C26H33NO7. The van der Waals surface area contributed by atoms with Crippen molar-refractivity contribution in [1.29, 1.82) is 0 Å². The first-order valence-electron chi connectivity index (χ1n) is 11.3. The molecule has 3 rings (SSSR count). The normalized spacial score (nSPS) is 11.0. The number of rotatable bonds is 13. The zero-order valence-electron chi connectivity index (χ0n) is 20.5. The number of nitrogens with one attached hydrogen (secondary N) is 1. The summed E-state index contributed by atoms with van der Waals surface area (Å²) >= 11 is 0. The van der Waals surface area contributed by atoms with Crippen molar-refractivity contribution in [3.05, 3.63) is 46.2 Å². The van der Waals surface area contributed by atoms with E-state index in [9.17, 15) is 4.79 Å². The van der Waals surface area contributed by atoms with Gasteiger partial charge in [0, 0.05) is 18.4 Å². The van der Waals surface area contributed by atoms with Gasteiger partial charge in [-0.05, 0) is 54.1 Å². The largest absolute Gasteiger partial charge is 0.493 e. The lowest BCUT2D eigenvalue weighted by Crippen LogP contribution is -2.10. The number of methoxy groups -OCH3 is 4. The minimum atomic E-state index is -0.223. The van der Waals surface area contributed by atoms with Crippen LogP contribution in [-0.2, 0) is 15.9 Å². The summed E-state index contributed by atoms with van der Waals surface area (Å²) in [6.45, 7) is 3.34. The van der Waals surface area contributed by atoms with E-state index < -0.39 is 0 Å². The van der Waals surface area contributed by atoms with Gasteiger partial charge in [-0.1, -0.05) is 13.3 Å². The number of benzene rings is 2. The maximum atomic E-state index is 13.0. The van der Waals surface area contributed by atoms with Crippen LogP contribution in [0.1, 0.15) is 25.3 Å². The van der Waals surface area contributed by atoms with E-state index in [-0.39, 0.29) is 12.4 Å². The Morgan fingerprint density at radius 1 is 0.824 bits per heavy atom. The van der Waals surface area contributed by atoms with Crippen LogP contribution in [0, 0.1) is 0 Å².